The van der Waals surface area contributed by atoms with Crippen molar-refractivity contribution in [3.05, 3.63) is 0 Å². The lowest BCUT2D eigenvalue weighted by atomic mass is 9.90. The van der Waals surface area contributed by atoms with E-state index in [0.717, 1.165) is 25.0 Å². The minimum absolute atomic E-state index is 0.878. The lowest BCUT2D eigenvalue weighted by Gasteiger charge is -2.27. The van der Waals surface area contributed by atoms with Crippen LogP contribution in [-0.4, -0.2) is 26.3 Å². The standard InChI is InChI=1S/C12H23NO/c1-2-4-11(5-3-1)10-14-7-6-12-8-13-9-12/h11-13H,1-10H2. The SMILES string of the molecule is C1CCC(COCCC2CNC2)CC1. The van der Waals surface area contributed by atoms with E-state index in [4.69, 9.17) is 4.74 Å². The molecule has 0 radical (unpaired) electrons. The molecule has 1 saturated carbocycles. The molecular formula is C12H23NO. The van der Waals surface area contributed by atoms with Crippen LogP contribution in [0.1, 0.15) is 38.5 Å². The summed E-state index contributed by atoms with van der Waals surface area (Å²) in [4.78, 5) is 0. The summed E-state index contributed by atoms with van der Waals surface area (Å²) < 4.78 is 5.75. The van der Waals surface area contributed by atoms with Gasteiger partial charge in [0.1, 0.15) is 0 Å². The van der Waals surface area contributed by atoms with Gasteiger partial charge in [0.2, 0.25) is 0 Å². The van der Waals surface area contributed by atoms with Gasteiger partial charge < -0.3 is 10.1 Å². The van der Waals surface area contributed by atoms with E-state index in [9.17, 15) is 0 Å². The van der Waals surface area contributed by atoms with Crippen molar-refractivity contribution < 1.29 is 4.74 Å². The number of nitrogens with one attached hydrogen (secondary N) is 1. The van der Waals surface area contributed by atoms with Crippen LogP contribution in [0.3, 0.4) is 0 Å². The van der Waals surface area contributed by atoms with Gasteiger partial charge in [-0.3, -0.25) is 0 Å². The number of ether oxygens (including phenoxy) is 1. The second-order valence-corrected chi connectivity index (χ2v) is 4.89. The van der Waals surface area contributed by atoms with Crippen LogP contribution in [0.5, 0.6) is 0 Å². The van der Waals surface area contributed by atoms with Crippen molar-refractivity contribution in [3.63, 3.8) is 0 Å². The monoisotopic (exact) mass is 197 g/mol. The zero-order valence-electron chi connectivity index (χ0n) is 9.13. The highest BCUT2D eigenvalue weighted by Crippen LogP contribution is 2.23. The van der Waals surface area contributed by atoms with E-state index >= 15 is 0 Å². The molecule has 1 aliphatic heterocycles. The zero-order valence-corrected chi connectivity index (χ0v) is 9.13. The molecule has 2 aliphatic rings. The summed E-state index contributed by atoms with van der Waals surface area (Å²) in [6, 6.07) is 0. The first kappa shape index (κ1) is 10.4. The minimum Gasteiger partial charge on any atom is -0.381 e. The van der Waals surface area contributed by atoms with E-state index in [-0.39, 0.29) is 0 Å². The van der Waals surface area contributed by atoms with Crippen LogP contribution in [0, 0.1) is 11.8 Å². The molecule has 1 saturated heterocycles. The topological polar surface area (TPSA) is 21.3 Å². The minimum atomic E-state index is 0.878. The Morgan fingerprint density at radius 1 is 1.00 bits per heavy atom. The largest absolute Gasteiger partial charge is 0.381 e. The quantitative estimate of drug-likeness (QED) is 0.682. The third kappa shape index (κ3) is 3.25. The summed E-state index contributed by atoms with van der Waals surface area (Å²) in [5.74, 6) is 1.78. The van der Waals surface area contributed by atoms with Gasteiger partial charge in [-0.15, -0.1) is 0 Å². The van der Waals surface area contributed by atoms with Crippen LogP contribution < -0.4 is 5.32 Å². The summed E-state index contributed by atoms with van der Waals surface area (Å²) in [6.07, 6.45) is 8.39. The Balaban J connectivity index is 1.45. The lowest BCUT2D eigenvalue weighted by Crippen LogP contribution is -2.42. The predicted octanol–water partition coefficient (Wildman–Crippen LogP) is 2.19. The third-order valence-corrected chi connectivity index (χ3v) is 3.61. The van der Waals surface area contributed by atoms with Crippen molar-refractivity contribution >= 4 is 0 Å². The molecule has 0 unspecified atom stereocenters. The first-order chi connectivity index (χ1) is 6.95. The molecule has 14 heavy (non-hydrogen) atoms. The zero-order chi connectivity index (χ0) is 9.64. The average Bonchev–Trinajstić information content (AvgIpc) is 2.16. The van der Waals surface area contributed by atoms with Crippen molar-refractivity contribution in [3.8, 4) is 0 Å². The fourth-order valence-electron chi connectivity index (χ4n) is 2.41. The molecule has 1 N–H and O–H groups in total. The Kier molecular flexibility index (Phi) is 4.26. The van der Waals surface area contributed by atoms with E-state index in [1.807, 2.05) is 0 Å². The molecule has 1 heterocycles. The maximum absolute atomic E-state index is 5.75. The fraction of sp³-hybridized carbons (Fsp3) is 1.00. The lowest BCUT2D eigenvalue weighted by molar-refractivity contribution is 0.0709. The van der Waals surface area contributed by atoms with E-state index < -0.39 is 0 Å². The number of hydrogen-bond acceptors (Lipinski definition) is 2. The molecule has 0 aromatic carbocycles. The van der Waals surface area contributed by atoms with Crippen LogP contribution in [0.4, 0.5) is 0 Å². The number of hydrogen-bond donors (Lipinski definition) is 1. The second kappa shape index (κ2) is 5.72. The highest BCUT2D eigenvalue weighted by Gasteiger charge is 2.17. The van der Waals surface area contributed by atoms with Gasteiger partial charge in [-0.1, -0.05) is 19.3 Å². The van der Waals surface area contributed by atoms with Gasteiger partial charge in [-0.2, -0.15) is 0 Å². The summed E-state index contributed by atoms with van der Waals surface area (Å²) >= 11 is 0. The molecule has 2 nitrogen and oxygen atoms in total. The summed E-state index contributed by atoms with van der Waals surface area (Å²) in [7, 11) is 0. The molecule has 0 bridgehead atoms. The summed E-state index contributed by atoms with van der Waals surface area (Å²) in [5.41, 5.74) is 0. The van der Waals surface area contributed by atoms with Crippen LogP contribution in [-0.2, 0) is 4.74 Å². The van der Waals surface area contributed by atoms with Crippen molar-refractivity contribution in [2.75, 3.05) is 26.3 Å². The maximum atomic E-state index is 5.75. The molecule has 0 atom stereocenters. The normalized spacial score (nSPS) is 24.9. The Labute approximate surface area is 87.4 Å². The van der Waals surface area contributed by atoms with Crippen LogP contribution in [0.15, 0.2) is 0 Å². The van der Waals surface area contributed by atoms with Gasteiger partial charge in [0.25, 0.3) is 0 Å². The molecule has 2 fully saturated rings. The molecule has 82 valence electrons. The Bertz CT molecular complexity index is 150. The Morgan fingerprint density at radius 2 is 1.79 bits per heavy atom. The summed E-state index contributed by atoms with van der Waals surface area (Å²) in [6.45, 7) is 4.45. The van der Waals surface area contributed by atoms with Gasteiger partial charge >= 0.3 is 0 Å². The average molecular weight is 197 g/mol. The second-order valence-electron chi connectivity index (χ2n) is 4.89. The molecule has 2 rings (SSSR count). The first-order valence-electron chi connectivity index (χ1n) is 6.23. The van der Waals surface area contributed by atoms with Crippen molar-refractivity contribution in [2.24, 2.45) is 11.8 Å². The first-order valence-corrected chi connectivity index (χ1v) is 6.23. The highest BCUT2D eigenvalue weighted by molar-refractivity contribution is 4.74. The molecule has 0 aromatic rings. The number of rotatable bonds is 5. The van der Waals surface area contributed by atoms with Gasteiger partial charge in [0.05, 0.1) is 0 Å². The van der Waals surface area contributed by atoms with Crippen molar-refractivity contribution in [2.45, 2.75) is 38.5 Å². The molecule has 1 aliphatic carbocycles. The third-order valence-electron chi connectivity index (χ3n) is 3.61. The maximum Gasteiger partial charge on any atom is 0.0494 e. The van der Waals surface area contributed by atoms with Gasteiger partial charge in [0, 0.05) is 13.2 Å². The Morgan fingerprint density at radius 3 is 2.43 bits per heavy atom. The predicted molar refractivity (Wildman–Crippen MR) is 58.4 cm³/mol. The molecule has 0 amide bonds. The molecule has 2 heteroatoms. The van der Waals surface area contributed by atoms with E-state index in [1.165, 1.54) is 51.6 Å². The van der Waals surface area contributed by atoms with Crippen LogP contribution in [0.2, 0.25) is 0 Å². The van der Waals surface area contributed by atoms with Crippen molar-refractivity contribution in [1.82, 2.24) is 5.32 Å². The van der Waals surface area contributed by atoms with Gasteiger partial charge in [-0.25, -0.2) is 0 Å². The van der Waals surface area contributed by atoms with Crippen LogP contribution in [0.25, 0.3) is 0 Å². The molecule has 0 spiro atoms. The summed E-state index contributed by atoms with van der Waals surface area (Å²) in [5, 5.41) is 3.30. The van der Waals surface area contributed by atoms with E-state index in [0.29, 0.717) is 0 Å². The van der Waals surface area contributed by atoms with Crippen LogP contribution >= 0.6 is 0 Å². The van der Waals surface area contributed by atoms with Crippen molar-refractivity contribution in [1.29, 1.82) is 0 Å². The highest BCUT2D eigenvalue weighted by atomic mass is 16.5. The van der Waals surface area contributed by atoms with Gasteiger partial charge in [0.15, 0.2) is 0 Å². The van der Waals surface area contributed by atoms with E-state index in [1.54, 1.807) is 0 Å². The fourth-order valence-corrected chi connectivity index (χ4v) is 2.41. The van der Waals surface area contributed by atoms with E-state index in [2.05, 4.69) is 5.32 Å². The molecular weight excluding hydrogens is 174 g/mol. The smallest absolute Gasteiger partial charge is 0.0494 e. The Hall–Kier alpha value is -0.0800. The molecule has 0 aromatic heterocycles. The van der Waals surface area contributed by atoms with Gasteiger partial charge in [-0.05, 0) is 44.2 Å².